The second-order valence-electron chi connectivity index (χ2n) is 33.7. The summed E-state index contributed by atoms with van der Waals surface area (Å²) >= 11 is 23.4. The number of aromatic hydroxyl groups is 1. The van der Waals surface area contributed by atoms with Crippen molar-refractivity contribution >= 4 is 96.0 Å². The predicted molar refractivity (Wildman–Crippen MR) is 525 cm³/mol. The molecule has 0 aliphatic carbocycles. The normalized spacial score (nSPS) is 11.4. The molecule has 0 amide bonds. The van der Waals surface area contributed by atoms with Crippen LogP contribution in [0.5, 0.6) is 28.7 Å². The number of hydrogen-bond acceptors (Lipinski definition) is 23. The van der Waals surface area contributed by atoms with E-state index in [-0.39, 0.29) is 83.9 Å². The predicted octanol–water partition coefficient (Wildman–Crippen LogP) is 25.4. The van der Waals surface area contributed by atoms with Gasteiger partial charge in [0.25, 0.3) is 5.56 Å². The number of halogens is 6. The van der Waals surface area contributed by atoms with Crippen molar-refractivity contribution < 1.29 is 82.3 Å². The van der Waals surface area contributed by atoms with Crippen LogP contribution in [-0.4, -0.2) is 145 Å². The smallest absolute Gasteiger partial charge is 0.345 e. The highest BCUT2D eigenvalue weighted by molar-refractivity contribution is 9.09. The lowest BCUT2D eigenvalue weighted by molar-refractivity contribution is -0.140. The second-order valence-corrected chi connectivity index (χ2v) is 41.5. The lowest BCUT2D eigenvalue weighted by atomic mass is 9.93. The first kappa shape index (κ1) is 124. The number of aliphatic hydroxyl groups excluding tert-OH is 1. The third kappa shape index (κ3) is 65.1. The van der Waals surface area contributed by atoms with E-state index in [0.29, 0.717) is 82.6 Å². The van der Waals surface area contributed by atoms with E-state index in [1.165, 1.54) is 38.3 Å². The largest absolute Gasteiger partial charge is 0.508 e. The molecule has 0 saturated carbocycles. The zero-order valence-electron chi connectivity index (χ0n) is 80.2. The van der Waals surface area contributed by atoms with Crippen molar-refractivity contribution in [2.45, 2.75) is 219 Å². The number of phenols is 1. The van der Waals surface area contributed by atoms with Crippen LogP contribution >= 0.6 is 66.5 Å². The number of esters is 3. The van der Waals surface area contributed by atoms with E-state index in [0.717, 1.165) is 90.5 Å². The summed E-state index contributed by atoms with van der Waals surface area (Å²) in [5.74, 6) is 2.55. The SMILES string of the molecule is C.C1CCOC1.CC(C)(C)CCBr.CC(C)(C)CCOc1ccc(C#N)cc1.CC(C)(C)CCOc1ccc(C(=N)N)cc1.CCO.CCOC(=O)/C(C(C)=O)=C(/C)OCC.CCOC(=O)c1c(C)nc(-c2ccc(OCCC(C)(C)C)cc2)[nH]c1=O.CCOC(=O)c1c(C)nc(-c2ccc(OCCC(C)(C)C)cc2)nc1Cl.N#Cc1ccc(O)cc1.O=P(Cl)(Cl)Cl.[2H]CF. The molecule has 7 aromatic rings. The van der Waals surface area contributed by atoms with Crippen LogP contribution in [0.4, 0.5) is 4.39 Å². The van der Waals surface area contributed by atoms with E-state index in [1.807, 2.05) is 78.9 Å². The molecule has 129 heavy (non-hydrogen) atoms. The number of benzene rings is 5. The van der Waals surface area contributed by atoms with Crippen LogP contribution in [0.25, 0.3) is 22.8 Å². The molecule has 2 aromatic heterocycles. The number of rotatable bonds is 25. The number of alkyl halides is 2. The quantitative estimate of drug-likeness (QED) is 0.00303. The third-order valence-corrected chi connectivity index (χ3v) is 16.9. The average molecular weight is 1970 g/mol. The van der Waals surface area contributed by atoms with Crippen molar-refractivity contribution in [2.24, 2.45) is 32.8 Å². The van der Waals surface area contributed by atoms with E-state index in [9.17, 15) is 32.9 Å². The Labute approximate surface area is 796 Å². The van der Waals surface area contributed by atoms with Gasteiger partial charge < -0.3 is 63.6 Å². The van der Waals surface area contributed by atoms with Gasteiger partial charge in [0.15, 0.2) is 11.6 Å². The van der Waals surface area contributed by atoms with E-state index in [4.69, 9.17) is 87.5 Å². The summed E-state index contributed by atoms with van der Waals surface area (Å²) < 4.78 is 72.4. The summed E-state index contributed by atoms with van der Waals surface area (Å²) in [4.78, 5) is 74.1. The number of Topliss-reactive ketones (excluding diaryl/α,β-unsaturated/α-hetero) is 1. The van der Waals surface area contributed by atoms with Gasteiger partial charge in [-0.05, 0) is 289 Å². The summed E-state index contributed by atoms with van der Waals surface area (Å²) in [6, 6.07) is 39.5. The van der Waals surface area contributed by atoms with Crippen LogP contribution in [0, 0.1) is 69.0 Å². The third-order valence-electron chi connectivity index (χ3n) is 16.2. The maximum Gasteiger partial charge on any atom is 0.345 e. The molecule has 3 heterocycles. The van der Waals surface area contributed by atoms with E-state index in [1.54, 1.807) is 91.8 Å². The van der Waals surface area contributed by atoms with Gasteiger partial charge in [0.1, 0.15) is 68.0 Å². The molecule has 1 aliphatic heterocycles. The van der Waals surface area contributed by atoms with Gasteiger partial charge in [0.2, 0.25) is 0 Å². The standard InChI is InChI=1S/C20H25ClN2O3.C20H26N2O4.C13H20N2O.C13H17NO.C10H16O4.C7H5NO.C6H13Br.C4H8O.C2H6O.CH3F.CH4.Cl3OP/c1-6-25-19(24)16-13(2)22-18(23-17(16)21)14-7-9-15(10-8-14)26-12-11-20(3,4)5;1-6-25-19(24)16-13(2)21-17(22-18(16)23)14-7-9-15(10-8-14)26-12-11-20(3,4)5;1-13(2,3)8-9-16-11-6-4-10(5-7-11)12(14)15;1-13(2,3)8-9-15-12-6-4-11(10-14)5-7-12;1-5-13-8(4)9(7(3)11)10(12)14-6-2;8-5-6-1-3-7(9)4-2-6;1-6(2,3)4-5-7;1-2-4-5-3-1;1-2-3;1-2;;1-5(2,3)4/h7-10H,6,11-12H2,1-5H3;7-10H,6,11-12H2,1-5H3,(H,21,22,23);4-7H,8-9H2,1-3H3,(H3,14,15);4-7H,8-9H2,1-3H3;5-6H2,1-4H3;1-4,9H;4-5H2,1-3H3;1-4H2;3H,2H2,1H3;1H3;1H4;/b;;;;9-8-;;;;;;;/i;;;;;;;;;1D;;. The van der Waals surface area contributed by atoms with Crippen LogP contribution in [0.2, 0.25) is 5.15 Å². The molecular weight excluding hydrogens is 1820 g/mol. The van der Waals surface area contributed by atoms with E-state index in [2.05, 4.69) is 180 Å². The number of allylic oxidation sites excluding steroid dienone is 1. The van der Waals surface area contributed by atoms with Crippen molar-refractivity contribution in [1.29, 1.82) is 15.9 Å². The van der Waals surface area contributed by atoms with Gasteiger partial charge in [0, 0.05) is 41.8 Å². The molecule has 5 aromatic carbocycles. The number of ether oxygens (including phenoxy) is 9. The van der Waals surface area contributed by atoms with Crippen LogP contribution in [-0.2, 0) is 37.8 Å². The van der Waals surface area contributed by atoms with Crippen LogP contribution in [0.15, 0.2) is 137 Å². The molecule has 25 nitrogen and oxygen atoms in total. The molecule has 720 valence electrons. The number of aromatic nitrogens is 4. The number of H-pyrrole nitrogens is 1. The number of nitrogens with one attached hydrogen (secondary N) is 2. The molecule has 0 radical (unpaired) electrons. The molecule has 0 unspecified atom stereocenters. The number of nitrogen functional groups attached to an aromatic ring is 1. The number of aromatic amines is 1. The Hall–Kier alpha value is -9.15. The number of nitrogens with two attached hydrogens (primary N) is 1. The number of nitrogens with zero attached hydrogens (tertiary/aromatic N) is 5. The maximum absolute atomic E-state index is 12.2. The second kappa shape index (κ2) is 68.0. The molecule has 1 fully saturated rings. The first-order valence-corrected chi connectivity index (χ1v) is 47.7. The zero-order valence-corrected chi connectivity index (χ0v) is 84.7. The first-order valence-electron chi connectivity index (χ1n) is 42.4. The molecule has 0 atom stereocenters. The molecule has 1 saturated heterocycles. The van der Waals surface area contributed by atoms with Crippen molar-refractivity contribution in [3.05, 3.63) is 187 Å². The number of carbonyl (C=O) groups excluding carboxylic acids is 4. The minimum atomic E-state index is -3.22. The number of aliphatic hydroxyl groups is 1. The molecular formula is C97H143BrCl4FN8O17P. The van der Waals surface area contributed by atoms with Crippen LogP contribution in [0.1, 0.15) is 255 Å². The fourth-order valence-corrected chi connectivity index (χ4v) is 10.8. The summed E-state index contributed by atoms with van der Waals surface area (Å²) in [5.41, 5.74) is 10.9. The lowest BCUT2D eigenvalue weighted by Crippen LogP contribution is -2.23. The van der Waals surface area contributed by atoms with Gasteiger partial charge in [0.05, 0.1) is 96.0 Å². The van der Waals surface area contributed by atoms with E-state index < -0.39 is 35.8 Å². The average Bonchev–Trinajstić information content (AvgIpc) is 0.881. The Bertz CT molecular complexity index is 4550. The Morgan fingerprint density at radius 2 is 0.899 bits per heavy atom. The molecule has 6 N–H and O–H groups in total. The summed E-state index contributed by atoms with van der Waals surface area (Å²) in [6.07, 6.45) is 7.78. The van der Waals surface area contributed by atoms with Gasteiger partial charge in [-0.25, -0.2) is 29.3 Å². The number of nitriles is 2. The Morgan fingerprint density at radius 1 is 0.574 bits per heavy atom. The van der Waals surface area contributed by atoms with Crippen molar-refractivity contribution in [1.82, 2.24) is 19.9 Å². The number of aryl methyl sites for hydroxylation is 2. The summed E-state index contributed by atoms with van der Waals surface area (Å²) in [6.45, 7) is 53.9. The minimum absolute atomic E-state index is 0. The maximum atomic E-state index is 12.2. The zero-order chi connectivity index (χ0) is 99.3. The monoisotopic (exact) mass is 1960 g/mol. The van der Waals surface area contributed by atoms with E-state index >= 15 is 0 Å². The highest BCUT2D eigenvalue weighted by atomic mass is 79.9. The van der Waals surface area contributed by atoms with Gasteiger partial charge in [-0.1, -0.05) is 139 Å². The Kier molecular flexibility index (Phi) is 65.3. The highest BCUT2D eigenvalue weighted by Gasteiger charge is 2.23. The van der Waals surface area contributed by atoms with Crippen molar-refractivity contribution in [3.63, 3.8) is 0 Å². The summed E-state index contributed by atoms with van der Waals surface area (Å²) in [5, 5.41) is 38.5. The number of amidine groups is 1. The van der Waals surface area contributed by atoms with Crippen LogP contribution in [0.3, 0.4) is 0 Å². The molecule has 32 heteroatoms. The fourth-order valence-electron chi connectivity index (χ4n) is 9.29. The highest BCUT2D eigenvalue weighted by Crippen LogP contribution is 2.61. The number of ketones is 1. The van der Waals surface area contributed by atoms with Crippen molar-refractivity contribution in [2.75, 3.05) is 85.2 Å². The van der Waals surface area contributed by atoms with Gasteiger partial charge >= 0.3 is 23.1 Å². The fraction of sp³-hybridized carbons (Fsp3) is 0.515. The topological polar surface area (TPSA) is 378 Å². The Balaban J connectivity index is -0.000000711. The lowest BCUT2D eigenvalue weighted by Gasteiger charge is -2.18. The van der Waals surface area contributed by atoms with Gasteiger partial charge in [-0.15, -0.1) is 0 Å². The van der Waals surface area contributed by atoms with Gasteiger partial charge in [-0.3, -0.25) is 24.0 Å². The number of carbonyl (C=O) groups is 4. The number of hydrogen-bond donors (Lipinski definition) is 5. The first-order chi connectivity index (χ1) is 60.1. The molecule has 1 aliphatic rings. The number of phenolic OH excluding ortho intramolecular Hbond substituents is 1. The molecule has 8 rings (SSSR count). The van der Waals surface area contributed by atoms with Crippen molar-refractivity contribution in [3.8, 4) is 63.7 Å². The van der Waals surface area contributed by atoms with Crippen LogP contribution < -0.4 is 30.2 Å². The minimum Gasteiger partial charge on any atom is -0.508 e. The van der Waals surface area contributed by atoms with Gasteiger partial charge in [-0.2, -0.15) is 10.5 Å². The Morgan fingerprint density at radius 3 is 1.19 bits per heavy atom. The summed E-state index contributed by atoms with van der Waals surface area (Å²) in [7, 11) is -1.00. The molecule has 0 spiro atoms. The molecule has 0 bridgehead atoms.